The van der Waals surface area contributed by atoms with E-state index in [4.69, 9.17) is 0 Å². The predicted molar refractivity (Wildman–Crippen MR) is 264 cm³/mol. The minimum Gasteiger partial charge on any atom is -0.394 e. The Kier molecular flexibility index (Phi) is 50.0. The smallest absolute Gasteiger partial charge is 0.220 e. The molecule has 0 aromatic carbocycles. The SMILES string of the molecule is CCCCCCCCCCCCCC/C=C\CCCCCCCCCCCCCCCCCC(=O)NC(CO)C(O)C(O)CCCCCCCCCCCCCCCCC. The van der Waals surface area contributed by atoms with Crippen molar-refractivity contribution >= 4 is 5.91 Å². The molecule has 0 aromatic rings. The number of rotatable bonds is 51. The van der Waals surface area contributed by atoms with Crippen LogP contribution in [0.4, 0.5) is 0 Å². The van der Waals surface area contributed by atoms with E-state index in [0.717, 1.165) is 32.1 Å². The van der Waals surface area contributed by atoms with Crippen LogP contribution in [0.5, 0.6) is 0 Å². The van der Waals surface area contributed by atoms with E-state index in [9.17, 15) is 20.1 Å². The molecule has 0 aliphatic heterocycles. The van der Waals surface area contributed by atoms with E-state index in [2.05, 4.69) is 31.3 Å². The fraction of sp³-hybridized carbons (Fsp3) is 0.945. The third kappa shape index (κ3) is 45.1. The monoisotopic (exact) mass is 848 g/mol. The summed E-state index contributed by atoms with van der Waals surface area (Å²) in [5.41, 5.74) is 0. The zero-order valence-corrected chi connectivity index (χ0v) is 40.9. The molecular weight excluding hydrogens is 739 g/mol. The van der Waals surface area contributed by atoms with Crippen molar-refractivity contribution < 1.29 is 20.1 Å². The first-order chi connectivity index (χ1) is 29.6. The van der Waals surface area contributed by atoms with Crippen molar-refractivity contribution in [2.24, 2.45) is 0 Å². The van der Waals surface area contributed by atoms with Gasteiger partial charge in [0.15, 0.2) is 0 Å². The van der Waals surface area contributed by atoms with Gasteiger partial charge in [-0.25, -0.2) is 0 Å². The first kappa shape index (κ1) is 59.1. The first-order valence-corrected chi connectivity index (χ1v) is 27.5. The van der Waals surface area contributed by atoms with Gasteiger partial charge in [-0.3, -0.25) is 4.79 Å². The van der Waals surface area contributed by atoms with Crippen LogP contribution in [0.1, 0.15) is 309 Å². The van der Waals surface area contributed by atoms with Gasteiger partial charge in [0.05, 0.1) is 18.8 Å². The van der Waals surface area contributed by atoms with Crippen molar-refractivity contribution in [3.8, 4) is 0 Å². The summed E-state index contributed by atoms with van der Waals surface area (Å²) in [7, 11) is 0. The van der Waals surface area contributed by atoms with Gasteiger partial charge in [-0.05, 0) is 38.5 Å². The molecule has 0 aliphatic rings. The number of aliphatic hydroxyl groups is 3. The molecule has 0 aliphatic carbocycles. The molecule has 3 unspecified atom stereocenters. The van der Waals surface area contributed by atoms with E-state index in [-0.39, 0.29) is 12.5 Å². The molecule has 1 amide bonds. The van der Waals surface area contributed by atoms with E-state index in [0.29, 0.717) is 12.8 Å². The van der Waals surface area contributed by atoms with Crippen molar-refractivity contribution in [1.82, 2.24) is 5.32 Å². The lowest BCUT2D eigenvalue weighted by molar-refractivity contribution is -0.124. The zero-order valence-electron chi connectivity index (χ0n) is 40.9. The van der Waals surface area contributed by atoms with Gasteiger partial charge < -0.3 is 20.6 Å². The molecule has 3 atom stereocenters. The lowest BCUT2D eigenvalue weighted by Gasteiger charge is -2.26. The zero-order chi connectivity index (χ0) is 43.7. The molecule has 5 heteroatoms. The Bertz CT molecular complexity index is 848. The van der Waals surface area contributed by atoms with Crippen molar-refractivity contribution in [3.05, 3.63) is 12.2 Å². The summed E-state index contributed by atoms with van der Waals surface area (Å²) in [6.07, 6.45) is 62.2. The number of carbonyl (C=O) groups excluding carboxylic acids is 1. The molecule has 60 heavy (non-hydrogen) atoms. The van der Waals surface area contributed by atoms with Gasteiger partial charge in [0.25, 0.3) is 0 Å². The molecule has 0 saturated heterocycles. The molecule has 5 nitrogen and oxygen atoms in total. The van der Waals surface area contributed by atoms with Gasteiger partial charge in [-0.2, -0.15) is 0 Å². The van der Waals surface area contributed by atoms with Gasteiger partial charge in [0.1, 0.15) is 6.10 Å². The average Bonchev–Trinajstić information content (AvgIpc) is 3.25. The molecule has 0 saturated carbocycles. The van der Waals surface area contributed by atoms with Crippen LogP contribution in [-0.4, -0.2) is 46.1 Å². The largest absolute Gasteiger partial charge is 0.394 e. The van der Waals surface area contributed by atoms with Crippen molar-refractivity contribution in [3.63, 3.8) is 0 Å². The third-order valence-corrected chi connectivity index (χ3v) is 13.1. The Labute approximate surface area is 376 Å². The first-order valence-electron chi connectivity index (χ1n) is 27.5. The molecular formula is C55H109NO4. The minimum atomic E-state index is -1.13. The van der Waals surface area contributed by atoms with Crippen LogP contribution in [0.3, 0.4) is 0 Å². The molecule has 0 radical (unpaired) electrons. The van der Waals surface area contributed by atoms with Gasteiger partial charge in [-0.15, -0.1) is 0 Å². The van der Waals surface area contributed by atoms with E-state index in [1.54, 1.807) is 0 Å². The van der Waals surface area contributed by atoms with Gasteiger partial charge >= 0.3 is 0 Å². The van der Waals surface area contributed by atoms with Gasteiger partial charge in [-0.1, -0.05) is 276 Å². The normalized spacial score (nSPS) is 13.3. The summed E-state index contributed by atoms with van der Waals surface area (Å²) >= 11 is 0. The highest BCUT2D eigenvalue weighted by molar-refractivity contribution is 5.76. The molecule has 0 fully saturated rings. The van der Waals surface area contributed by atoms with Gasteiger partial charge in [0.2, 0.25) is 5.91 Å². The maximum absolute atomic E-state index is 12.5. The van der Waals surface area contributed by atoms with Crippen LogP contribution in [0, 0.1) is 0 Å². The Morgan fingerprint density at radius 3 is 0.967 bits per heavy atom. The Hall–Kier alpha value is -0.910. The molecule has 4 N–H and O–H groups in total. The molecule has 358 valence electrons. The quantitative estimate of drug-likeness (QED) is 0.0363. The number of amides is 1. The fourth-order valence-electron chi connectivity index (χ4n) is 8.87. The molecule has 0 bridgehead atoms. The number of nitrogens with one attached hydrogen (secondary N) is 1. The van der Waals surface area contributed by atoms with Crippen molar-refractivity contribution in [2.45, 2.75) is 327 Å². The highest BCUT2D eigenvalue weighted by Gasteiger charge is 2.26. The summed E-state index contributed by atoms with van der Waals surface area (Å²) in [6.45, 7) is 4.21. The summed E-state index contributed by atoms with van der Waals surface area (Å²) in [4.78, 5) is 12.5. The molecule has 0 spiro atoms. The topological polar surface area (TPSA) is 89.8 Å². The predicted octanol–water partition coefficient (Wildman–Crippen LogP) is 16.7. The Morgan fingerprint density at radius 1 is 0.400 bits per heavy atom. The number of carbonyl (C=O) groups is 1. The maximum atomic E-state index is 12.5. The van der Waals surface area contributed by atoms with E-state index in [1.807, 2.05) is 0 Å². The summed E-state index contributed by atoms with van der Waals surface area (Å²) in [6, 6.07) is -0.806. The second-order valence-electron chi connectivity index (χ2n) is 19.1. The van der Waals surface area contributed by atoms with Crippen LogP contribution in [0.15, 0.2) is 12.2 Å². The standard InChI is InChI=1S/C55H109NO4/c1-3-5-7-9-11-13-15-17-19-20-21-22-23-24-25-26-27-28-29-30-31-32-33-34-36-38-40-42-44-46-48-50-54(59)56-52(51-57)55(60)53(58)49-47-45-43-41-39-37-35-18-16-14-12-10-8-6-4-2/h24-25,52-53,55,57-58,60H,3-23,26-51H2,1-2H3,(H,56,59)/b25-24-. The van der Waals surface area contributed by atoms with Crippen LogP contribution in [0.25, 0.3) is 0 Å². The van der Waals surface area contributed by atoms with Crippen LogP contribution in [-0.2, 0) is 4.79 Å². The minimum absolute atomic E-state index is 0.139. The van der Waals surface area contributed by atoms with Crippen molar-refractivity contribution in [1.29, 1.82) is 0 Å². The molecule has 0 rings (SSSR count). The Morgan fingerprint density at radius 2 is 0.667 bits per heavy atom. The van der Waals surface area contributed by atoms with E-state index >= 15 is 0 Å². The second kappa shape index (κ2) is 50.7. The summed E-state index contributed by atoms with van der Waals surface area (Å²) < 4.78 is 0. The third-order valence-electron chi connectivity index (χ3n) is 13.1. The lowest BCUT2D eigenvalue weighted by Crippen LogP contribution is -2.50. The number of aliphatic hydroxyl groups excluding tert-OH is 3. The number of allylic oxidation sites excluding steroid dienone is 2. The van der Waals surface area contributed by atoms with Gasteiger partial charge in [0, 0.05) is 6.42 Å². The highest BCUT2D eigenvalue weighted by Crippen LogP contribution is 2.18. The average molecular weight is 848 g/mol. The lowest BCUT2D eigenvalue weighted by atomic mass is 9.99. The summed E-state index contributed by atoms with van der Waals surface area (Å²) in [5.74, 6) is -0.139. The fourth-order valence-corrected chi connectivity index (χ4v) is 8.87. The van der Waals surface area contributed by atoms with Crippen LogP contribution < -0.4 is 5.32 Å². The highest BCUT2D eigenvalue weighted by atomic mass is 16.3. The number of unbranched alkanes of at least 4 members (excludes halogenated alkanes) is 41. The van der Waals surface area contributed by atoms with Crippen molar-refractivity contribution in [2.75, 3.05) is 6.61 Å². The molecule has 0 heterocycles. The van der Waals surface area contributed by atoms with E-state index < -0.39 is 18.2 Å². The van der Waals surface area contributed by atoms with Crippen LogP contribution >= 0.6 is 0 Å². The number of hydrogen-bond donors (Lipinski definition) is 4. The van der Waals surface area contributed by atoms with E-state index in [1.165, 1.54) is 250 Å². The second-order valence-corrected chi connectivity index (χ2v) is 19.1. The molecule has 0 aromatic heterocycles. The maximum Gasteiger partial charge on any atom is 0.220 e. The van der Waals surface area contributed by atoms with Crippen LogP contribution in [0.2, 0.25) is 0 Å². The summed E-state index contributed by atoms with van der Waals surface area (Å²) in [5, 5.41) is 33.7. The Balaban J connectivity index is 3.48. The number of hydrogen-bond acceptors (Lipinski definition) is 4.